The topological polar surface area (TPSA) is 127 Å². The Hall–Kier alpha value is -3.86. The number of benzene rings is 2. The van der Waals surface area contributed by atoms with Gasteiger partial charge in [-0.05, 0) is 48.9 Å². The minimum Gasteiger partial charge on any atom is -0.455 e. The van der Waals surface area contributed by atoms with Crippen molar-refractivity contribution in [2.75, 3.05) is 5.32 Å². The number of hydrogen-bond donors (Lipinski definition) is 2. The van der Waals surface area contributed by atoms with Gasteiger partial charge in [-0.3, -0.25) is 19.7 Å². The van der Waals surface area contributed by atoms with E-state index in [1.165, 1.54) is 30.5 Å². The molecule has 0 radical (unpaired) electrons. The molecule has 0 saturated heterocycles. The molecule has 3 rings (SSSR count). The standard InChI is InChI=1S/C20H14BrFN4O5/c1-11-8-13(26(29)30)3-5-15(11)18-7-4-14(31-18)10-23-25-20(28)19(27)24-17-6-2-12(21)9-16(17)22/h2-10H,1H3,(H,24,27)(H,25,28)/b23-10+. The van der Waals surface area contributed by atoms with E-state index >= 15 is 0 Å². The lowest BCUT2D eigenvalue weighted by molar-refractivity contribution is -0.384. The van der Waals surface area contributed by atoms with Crippen molar-refractivity contribution < 1.29 is 23.3 Å². The summed E-state index contributed by atoms with van der Waals surface area (Å²) in [5, 5.41) is 16.6. The molecule has 0 aliphatic carbocycles. The molecule has 158 valence electrons. The van der Waals surface area contributed by atoms with Crippen LogP contribution in [0.4, 0.5) is 15.8 Å². The predicted molar refractivity (Wildman–Crippen MR) is 114 cm³/mol. The summed E-state index contributed by atoms with van der Waals surface area (Å²) in [5.74, 6) is -2.18. The number of aryl methyl sites for hydroxylation is 1. The SMILES string of the molecule is Cc1cc([N+](=O)[O-])ccc1-c1ccc(/C=N/NC(=O)C(=O)Nc2ccc(Br)cc2F)o1. The highest BCUT2D eigenvalue weighted by atomic mass is 79.9. The van der Waals surface area contributed by atoms with Gasteiger partial charge in [0.05, 0.1) is 16.8 Å². The van der Waals surface area contributed by atoms with Gasteiger partial charge in [0.2, 0.25) is 0 Å². The second-order valence-corrected chi connectivity index (χ2v) is 7.15. The fraction of sp³-hybridized carbons (Fsp3) is 0.0500. The molecule has 0 bridgehead atoms. The molecule has 2 aromatic carbocycles. The van der Waals surface area contributed by atoms with Crippen LogP contribution in [-0.4, -0.2) is 23.0 Å². The van der Waals surface area contributed by atoms with Gasteiger partial charge < -0.3 is 9.73 Å². The van der Waals surface area contributed by atoms with Crippen LogP contribution < -0.4 is 10.7 Å². The first-order valence-electron chi connectivity index (χ1n) is 8.69. The van der Waals surface area contributed by atoms with Gasteiger partial charge in [0, 0.05) is 22.2 Å². The molecule has 0 fully saturated rings. The molecule has 11 heteroatoms. The number of halogens is 2. The third-order valence-corrected chi connectivity index (χ3v) is 4.55. The Morgan fingerprint density at radius 1 is 1.16 bits per heavy atom. The van der Waals surface area contributed by atoms with E-state index < -0.39 is 22.6 Å². The zero-order valence-electron chi connectivity index (χ0n) is 15.9. The van der Waals surface area contributed by atoms with Crippen molar-refractivity contribution in [2.24, 2.45) is 5.10 Å². The first-order valence-corrected chi connectivity index (χ1v) is 9.48. The van der Waals surface area contributed by atoms with Crippen LogP contribution in [0, 0.1) is 22.9 Å². The van der Waals surface area contributed by atoms with E-state index in [2.05, 4.69) is 26.3 Å². The first kappa shape index (κ1) is 21.8. The number of carbonyl (C=O) groups is 2. The summed E-state index contributed by atoms with van der Waals surface area (Å²) in [6.07, 6.45) is 1.18. The Bertz CT molecular complexity index is 1210. The van der Waals surface area contributed by atoms with Gasteiger partial charge in [-0.1, -0.05) is 15.9 Å². The molecule has 0 aliphatic rings. The molecule has 2 N–H and O–H groups in total. The maximum Gasteiger partial charge on any atom is 0.329 e. The third kappa shape index (κ3) is 5.39. The zero-order chi connectivity index (χ0) is 22.5. The van der Waals surface area contributed by atoms with E-state index in [0.29, 0.717) is 21.4 Å². The molecule has 0 saturated carbocycles. The average molecular weight is 489 g/mol. The van der Waals surface area contributed by atoms with Crippen molar-refractivity contribution in [3.63, 3.8) is 0 Å². The minimum absolute atomic E-state index is 0.0291. The number of carbonyl (C=O) groups excluding carboxylic acids is 2. The number of nitrogens with one attached hydrogen (secondary N) is 2. The van der Waals surface area contributed by atoms with Gasteiger partial charge in [-0.15, -0.1) is 0 Å². The smallest absolute Gasteiger partial charge is 0.329 e. The number of furan rings is 1. The number of nitrogens with zero attached hydrogens (tertiary/aromatic N) is 2. The van der Waals surface area contributed by atoms with Crippen molar-refractivity contribution in [1.29, 1.82) is 0 Å². The van der Waals surface area contributed by atoms with E-state index in [1.54, 1.807) is 25.1 Å². The summed E-state index contributed by atoms with van der Waals surface area (Å²) in [7, 11) is 0. The van der Waals surface area contributed by atoms with Crippen LogP contribution in [0.1, 0.15) is 11.3 Å². The molecule has 0 atom stereocenters. The lowest BCUT2D eigenvalue weighted by atomic mass is 10.1. The summed E-state index contributed by atoms with van der Waals surface area (Å²) in [6.45, 7) is 1.71. The lowest BCUT2D eigenvalue weighted by Gasteiger charge is -2.05. The second-order valence-electron chi connectivity index (χ2n) is 6.24. The van der Waals surface area contributed by atoms with Gasteiger partial charge in [0.1, 0.15) is 17.3 Å². The van der Waals surface area contributed by atoms with Gasteiger partial charge in [0.25, 0.3) is 5.69 Å². The number of nitro benzene ring substituents is 1. The summed E-state index contributed by atoms with van der Waals surface area (Å²) >= 11 is 3.09. The molecular formula is C20H14BrFN4O5. The predicted octanol–water partition coefficient (Wildman–Crippen LogP) is 4.15. The van der Waals surface area contributed by atoms with E-state index in [1.807, 2.05) is 5.43 Å². The van der Waals surface area contributed by atoms with E-state index in [9.17, 15) is 24.1 Å². The van der Waals surface area contributed by atoms with Crippen molar-refractivity contribution in [3.8, 4) is 11.3 Å². The Labute approximate surface area is 183 Å². The first-order chi connectivity index (χ1) is 14.7. The molecule has 9 nitrogen and oxygen atoms in total. The fourth-order valence-electron chi connectivity index (χ4n) is 2.58. The van der Waals surface area contributed by atoms with Crippen LogP contribution in [-0.2, 0) is 9.59 Å². The number of hydrogen-bond acceptors (Lipinski definition) is 6. The van der Waals surface area contributed by atoms with Crippen LogP contribution in [0.2, 0.25) is 0 Å². The quantitative estimate of drug-likeness (QED) is 0.241. The monoisotopic (exact) mass is 488 g/mol. The Morgan fingerprint density at radius 2 is 1.94 bits per heavy atom. The molecule has 3 aromatic rings. The summed E-state index contributed by atoms with van der Waals surface area (Å²) in [6, 6.07) is 11.5. The van der Waals surface area contributed by atoms with Crippen LogP contribution in [0.25, 0.3) is 11.3 Å². The average Bonchev–Trinajstić information content (AvgIpc) is 3.18. The summed E-state index contributed by atoms with van der Waals surface area (Å²) < 4.78 is 19.8. The number of amides is 2. The highest BCUT2D eigenvalue weighted by Crippen LogP contribution is 2.28. The van der Waals surface area contributed by atoms with Crippen molar-refractivity contribution in [2.45, 2.75) is 6.92 Å². The Morgan fingerprint density at radius 3 is 2.61 bits per heavy atom. The van der Waals surface area contributed by atoms with E-state index in [-0.39, 0.29) is 17.1 Å². The molecule has 0 unspecified atom stereocenters. The van der Waals surface area contributed by atoms with Gasteiger partial charge in [0.15, 0.2) is 0 Å². The maximum atomic E-state index is 13.7. The fourth-order valence-corrected chi connectivity index (χ4v) is 2.91. The van der Waals surface area contributed by atoms with Crippen LogP contribution >= 0.6 is 15.9 Å². The number of non-ortho nitro benzene ring substituents is 1. The van der Waals surface area contributed by atoms with E-state index in [4.69, 9.17) is 4.42 Å². The highest BCUT2D eigenvalue weighted by molar-refractivity contribution is 9.10. The number of hydrazone groups is 1. The molecule has 2 amide bonds. The normalized spacial score (nSPS) is 10.8. The number of anilines is 1. The third-order valence-electron chi connectivity index (χ3n) is 4.06. The van der Waals surface area contributed by atoms with Crippen molar-refractivity contribution >= 4 is 45.3 Å². The summed E-state index contributed by atoms with van der Waals surface area (Å²) in [4.78, 5) is 34.0. The molecule has 1 heterocycles. The van der Waals surface area contributed by atoms with Gasteiger partial charge >= 0.3 is 11.8 Å². The van der Waals surface area contributed by atoms with Gasteiger partial charge in [-0.25, -0.2) is 9.82 Å². The zero-order valence-corrected chi connectivity index (χ0v) is 17.5. The molecular weight excluding hydrogens is 475 g/mol. The molecule has 0 aliphatic heterocycles. The maximum absolute atomic E-state index is 13.7. The molecule has 0 spiro atoms. The van der Waals surface area contributed by atoms with Gasteiger partial charge in [-0.2, -0.15) is 5.10 Å². The minimum atomic E-state index is -1.10. The van der Waals surface area contributed by atoms with Crippen LogP contribution in [0.5, 0.6) is 0 Å². The van der Waals surface area contributed by atoms with E-state index in [0.717, 1.165) is 6.07 Å². The largest absolute Gasteiger partial charge is 0.455 e. The van der Waals surface area contributed by atoms with Crippen molar-refractivity contribution in [1.82, 2.24) is 5.43 Å². The molecule has 31 heavy (non-hydrogen) atoms. The number of rotatable bonds is 5. The molecule has 1 aromatic heterocycles. The number of nitro groups is 1. The highest BCUT2D eigenvalue weighted by Gasteiger charge is 2.15. The lowest BCUT2D eigenvalue weighted by Crippen LogP contribution is -2.32. The summed E-state index contributed by atoms with van der Waals surface area (Å²) in [5.41, 5.74) is 3.14. The van der Waals surface area contributed by atoms with Crippen molar-refractivity contribution in [3.05, 3.63) is 80.3 Å². The van der Waals surface area contributed by atoms with Crippen LogP contribution in [0.3, 0.4) is 0 Å². The van der Waals surface area contributed by atoms with Crippen LogP contribution in [0.15, 0.2) is 62.5 Å². The Balaban J connectivity index is 1.61. The second kappa shape index (κ2) is 9.30. The Kier molecular flexibility index (Phi) is 6.55.